The van der Waals surface area contributed by atoms with E-state index < -0.39 is 23.6 Å². The van der Waals surface area contributed by atoms with Gasteiger partial charge in [-0.3, -0.25) is 0 Å². The SMILES string of the molecule is Cl.Fc1ccc(C(F)(F)F)cc1[C@@H]1COCCN1. The van der Waals surface area contributed by atoms with Crippen molar-refractivity contribution in [3.05, 3.63) is 35.1 Å². The topological polar surface area (TPSA) is 21.3 Å². The lowest BCUT2D eigenvalue weighted by atomic mass is 10.0. The summed E-state index contributed by atoms with van der Waals surface area (Å²) in [6, 6.07) is 1.89. The molecule has 0 aliphatic carbocycles. The number of rotatable bonds is 1. The third-order valence-electron chi connectivity index (χ3n) is 2.62. The Kier molecular flexibility index (Phi) is 4.95. The van der Waals surface area contributed by atoms with Crippen LogP contribution in [0.1, 0.15) is 17.2 Å². The van der Waals surface area contributed by atoms with Crippen LogP contribution in [0.2, 0.25) is 0 Å². The molecule has 0 spiro atoms. The standard InChI is InChI=1S/C11H11F4NO.ClH/c12-9-2-1-7(11(13,14)15)5-8(9)10-6-17-4-3-16-10;/h1-2,5,10,16H,3-4,6H2;1H/t10-;/m0./s1. The second-order valence-corrected chi connectivity index (χ2v) is 3.82. The number of halogens is 5. The van der Waals surface area contributed by atoms with Gasteiger partial charge in [0.1, 0.15) is 5.82 Å². The van der Waals surface area contributed by atoms with Crippen LogP contribution in [0, 0.1) is 5.82 Å². The maximum Gasteiger partial charge on any atom is 0.416 e. The van der Waals surface area contributed by atoms with Gasteiger partial charge < -0.3 is 10.1 Å². The van der Waals surface area contributed by atoms with Crippen LogP contribution in [0.3, 0.4) is 0 Å². The molecule has 0 radical (unpaired) electrons. The summed E-state index contributed by atoms with van der Waals surface area (Å²) in [5, 5.41) is 2.92. The molecule has 18 heavy (non-hydrogen) atoms. The molecule has 0 aromatic heterocycles. The van der Waals surface area contributed by atoms with E-state index >= 15 is 0 Å². The van der Waals surface area contributed by atoms with E-state index in [-0.39, 0.29) is 24.6 Å². The number of ether oxygens (including phenoxy) is 1. The summed E-state index contributed by atoms with van der Waals surface area (Å²) in [5.74, 6) is -0.652. The van der Waals surface area contributed by atoms with Gasteiger partial charge in [-0.2, -0.15) is 13.2 Å². The minimum Gasteiger partial charge on any atom is -0.378 e. The lowest BCUT2D eigenvalue weighted by Crippen LogP contribution is -2.35. The predicted molar refractivity (Wildman–Crippen MR) is 60.2 cm³/mol. The van der Waals surface area contributed by atoms with Crippen LogP contribution in [-0.4, -0.2) is 19.8 Å². The van der Waals surface area contributed by atoms with Crippen molar-refractivity contribution in [2.24, 2.45) is 0 Å². The molecule has 2 nitrogen and oxygen atoms in total. The highest BCUT2D eigenvalue weighted by molar-refractivity contribution is 5.85. The van der Waals surface area contributed by atoms with E-state index in [1.807, 2.05) is 0 Å². The third kappa shape index (κ3) is 3.34. The Hall–Kier alpha value is -0.850. The molecule has 0 bridgehead atoms. The van der Waals surface area contributed by atoms with Gasteiger partial charge in [-0.05, 0) is 18.2 Å². The molecule has 1 N–H and O–H groups in total. The Balaban J connectivity index is 0.00000162. The number of hydrogen-bond donors (Lipinski definition) is 1. The molecule has 1 aromatic rings. The number of alkyl halides is 3. The fraction of sp³-hybridized carbons (Fsp3) is 0.455. The average Bonchev–Trinajstić information content (AvgIpc) is 2.29. The van der Waals surface area contributed by atoms with Crippen molar-refractivity contribution < 1.29 is 22.3 Å². The van der Waals surface area contributed by atoms with Crippen LogP contribution in [0.5, 0.6) is 0 Å². The highest BCUT2D eigenvalue weighted by atomic mass is 35.5. The maximum absolute atomic E-state index is 13.5. The maximum atomic E-state index is 13.5. The molecule has 1 aromatic carbocycles. The molecule has 0 unspecified atom stereocenters. The lowest BCUT2D eigenvalue weighted by Gasteiger charge is -2.25. The Morgan fingerprint density at radius 2 is 2.00 bits per heavy atom. The van der Waals surface area contributed by atoms with Crippen LogP contribution in [-0.2, 0) is 10.9 Å². The molecule has 1 saturated heterocycles. The molecule has 0 saturated carbocycles. The van der Waals surface area contributed by atoms with Gasteiger partial charge in [0.25, 0.3) is 0 Å². The first-order valence-corrected chi connectivity index (χ1v) is 5.16. The predicted octanol–water partition coefficient (Wildman–Crippen LogP) is 2.93. The molecule has 1 aliphatic rings. The molecule has 1 atom stereocenters. The molecular weight excluding hydrogens is 274 g/mol. The molecule has 2 rings (SSSR count). The monoisotopic (exact) mass is 285 g/mol. The minimum atomic E-state index is -4.46. The number of hydrogen-bond acceptors (Lipinski definition) is 2. The molecule has 0 amide bonds. The fourth-order valence-electron chi connectivity index (χ4n) is 1.75. The zero-order valence-corrected chi connectivity index (χ0v) is 10.1. The van der Waals surface area contributed by atoms with Crippen molar-refractivity contribution in [3.8, 4) is 0 Å². The first-order valence-electron chi connectivity index (χ1n) is 5.16. The number of nitrogens with one attached hydrogen (secondary N) is 1. The molecular formula is C11H12ClF4NO. The van der Waals surface area contributed by atoms with Crippen molar-refractivity contribution in [2.75, 3.05) is 19.8 Å². The van der Waals surface area contributed by atoms with Gasteiger partial charge in [-0.1, -0.05) is 0 Å². The van der Waals surface area contributed by atoms with E-state index in [1.165, 1.54) is 0 Å². The zero-order valence-electron chi connectivity index (χ0n) is 9.26. The smallest absolute Gasteiger partial charge is 0.378 e. The van der Waals surface area contributed by atoms with Gasteiger partial charge in [0.05, 0.1) is 24.8 Å². The Morgan fingerprint density at radius 3 is 2.56 bits per heavy atom. The van der Waals surface area contributed by atoms with E-state index in [0.717, 1.165) is 18.2 Å². The van der Waals surface area contributed by atoms with Gasteiger partial charge in [0.2, 0.25) is 0 Å². The average molecular weight is 286 g/mol. The summed E-state index contributed by atoms with van der Waals surface area (Å²) in [7, 11) is 0. The van der Waals surface area contributed by atoms with Gasteiger partial charge >= 0.3 is 6.18 Å². The van der Waals surface area contributed by atoms with E-state index in [0.29, 0.717) is 13.2 Å². The molecule has 7 heteroatoms. The quantitative estimate of drug-likeness (QED) is 0.801. The third-order valence-corrected chi connectivity index (χ3v) is 2.62. The van der Waals surface area contributed by atoms with Crippen molar-refractivity contribution in [2.45, 2.75) is 12.2 Å². The van der Waals surface area contributed by atoms with E-state index in [2.05, 4.69) is 5.32 Å². The normalized spacial score (nSPS) is 20.3. The molecule has 1 heterocycles. The first kappa shape index (κ1) is 15.2. The number of morpholine rings is 1. The van der Waals surface area contributed by atoms with Crippen molar-refractivity contribution in [3.63, 3.8) is 0 Å². The summed E-state index contributed by atoms with van der Waals surface area (Å²) in [5.41, 5.74) is -0.846. The molecule has 102 valence electrons. The summed E-state index contributed by atoms with van der Waals surface area (Å²) in [6.45, 7) is 1.16. The molecule has 1 fully saturated rings. The van der Waals surface area contributed by atoms with Crippen molar-refractivity contribution in [1.29, 1.82) is 0 Å². The summed E-state index contributed by atoms with van der Waals surface area (Å²) < 4.78 is 56.1. The second kappa shape index (κ2) is 5.86. The minimum absolute atomic E-state index is 0. The summed E-state index contributed by atoms with van der Waals surface area (Å²) >= 11 is 0. The van der Waals surface area contributed by atoms with E-state index in [4.69, 9.17) is 4.74 Å². The molecule has 1 aliphatic heterocycles. The van der Waals surface area contributed by atoms with Crippen LogP contribution in [0.25, 0.3) is 0 Å². The van der Waals surface area contributed by atoms with E-state index in [1.54, 1.807) is 0 Å². The fourth-order valence-corrected chi connectivity index (χ4v) is 1.75. The summed E-state index contributed by atoms with van der Waals surface area (Å²) in [6.07, 6.45) is -4.46. The van der Waals surface area contributed by atoms with Crippen LogP contribution in [0.4, 0.5) is 17.6 Å². The van der Waals surface area contributed by atoms with Crippen LogP contribution in [0.15, 0.2) is 18.2 Å². The van der Waals surface area contributed by atoms with Crippen LogP contribution < -0.4 is 5.32 Å². The lowest BCUT2D eigenvalue weighted by molar-refractivity contribution is -0.137. The number of benzene rings is 1. The van der Waals surface area contributed by atoms with Crippen molar-refractivity contribution >= 4 is 12.4 Å². The Morgan fingerprint density at radius 1 is 1.28 bits per heavy atom. The second-order valence-electron chi connectivity index (χ2n) is 3.82. The van der Waals surface area contributed by atoms with Gasteiger partial charge in [-0.25, -0.2) is 4.39 Å². The Bertz CT molecular complexity index is 405. The largest absolute Gasteiger partial charge is 0.416 e. The highest BCUT2D eigenvalue weighted by Crippen LogP contribution is 2.32. The van der Waals surface area contributed by atoms with Gasteiger partial charge in [-0.15, -0.1) is 12.4 Å². The van der Waals surface area contributed by atoms with Gasteiger partial charge in [0, 0.05) is 12.1 Å². The summed E-state index contributed by atoms with van der Waals surface area (Å²) in [4.78, 5) is 0. The van der Waals surface area contributed by atoms with Crippen molar-refractivity contribution in [1.82, 2.24) is 5.32 Å². The zero-order chi connectivity index (χ0) is 12.5. The highest BCUT2D eigenvalue weighted by Gasteiger charge is 2.32. The first-order chi connectivity index (χ1) is 7.98. The van der Waals surface area contributed by atoms with Gasteiger partial charge in [0.15, 0.2) is 0 Å². The Labute approximate surface area is 108 Å². The van der Waals surface area contributed by atoms with Crippen LogP contribution >= 0.6 is 12.4 Å². The van der Waals surface area contributed by atoms with E-state index in [9.17, 15) is 17.6 Å².